The summed E-state index contributed by atoms with van der Waals surface area (Å²) in [6.07, 6.45) is -11.1. The van der Waals surface area contributed by atoms with Crippen LogP contribution in [-0.2, 0) is 47.5 Å². The number of fused-ring (bicyclic) bond motifs is 5. The van der Waals surface area contributed by atoms with Crippen LogP contribution in [0.3, 0.4) is 0 Å². The lowest BCUT2D eigenvalue weighted by Gasteiger charge is -2.67. The number of esters is 3. The number of hydrogen-bond acceptors (Lipinski definition) is 14. The minimum Gasteiger partial charge on any atom is -0.456 e. The van der Waals surface area contributed by atoms with Crippen molar-refractivity contribution >= 4 is 29.8 Å². The fourth-order valence-corrected chi connectivity index (χ4v) is 9.96. The van der Waals surface area contributed by atoms with Gasteiger partial charge in [-0.1, -0.05) is 62.4 Å². The summed E-state index contributed by atoms with van der Waals surface area (Å²) in [5.41, 5.74) is -8.44. The smallest absolute Gasteiger partial charge is 0.408 e. The highest BCUT2D eigenvalue weighted by Crippen LogP contribution is 2.64. The standard InChI is InChI=1S/C45H57NO14/c1-24-28(57-39(51)33(48)32(26-17-13-11-14-18-26)46-40(52)60-41(3,4)5)22-45(53)37(58-38(50)27-19-15-12-16-20-27)35-43(8,36(49)34(55-10)31(24)42(45,6)7)29(54-9)21-30-44(35,23-56-30)59-25(2)47/h11-20,28-30,32-35,37,48,53H,21-23H2,1-10H3,(H,46,52)/t28-,29-,30+,32-,33+,34+,35-,37-,43+,44-,45+/m0/s1/i10D3. The van der Waals surface area contributed by atoms with Crippen molar-refractivity contribution in [3.63, 3.8) is 0 Å². The number of carbonyl (C=O) groups excluding carboxylic acids is 5. The van der Waals surface area contributed by atoms with Crippen LogP contribution in [0.4, 0.5) is 4.79 Å². The Balaban J connectivity index is 1.57. The second-order valence-electron chi connectivity index (χ2n) is 17.9. The van der Waals surface area contributed by atoms with Crippen LogP contribution >= 0.6 is 0 Å². The first-order valence-corrected chi connectivity index (χ1v) is 19.9. The first-order chi connectivity index (χ1) is 29.2. The van der Waals surface area contributed by atoms with Crippen molar-refractivity contribution in [3.05, 3.63) is 82.9 Å². The molecule has 0 aromatic heterocycles. The predicted molar refractivity (Wildman–Crippen MR) is 213 cm³/mol. The molecule has 3 fully saturated rings. The van der Waals surface area contributed by atoms with Crippen LogP contribution in [0, 0.1) is 16.7 Å². The van der Waals surface area contributed by atoms with E-state index in [1.165, 1.54) is 46.9 Å². The zero-order valence-corrected chi connectivity index (χ0v) is 35.3. The number of carbonyl (C=O) groups is 5. The largest absolute Gasteiger partial charge is 0.456 e. The Morgan fingerprint density at radius 1 is 0.983 bits per heavy atom. The number of methoxy groups -OCH3 is 2. The lowest BCUT2D eigenvalue weighted by atomic mass is 9.44. The average molecular weight is 839 g/mol. The van der Waals surface area contributed by atoms with Gasteiger partial charge in [-0.3, -0.25) is 9.59 Å². The van der Waals surface area contributed by atoms with Crippen molar-refractivity contribution in [1.29, 1.82) is 0 Å². The first kappa shape index (κ1) is 40.7. The summed E-state index contributed by atoms with van der Waals surface area (Å²) in [6.45, 7) is 11.8. The molecule has 0 unspecified atom stereocenters. The van der Waals surface area contributed by atoms with Gasteiger partial charge in [0.05, 0.1) is 39.8 Å². The Hall–Kier alpha value is -4.67. The molecule has 15 nitrogen and oxygen atoms in total. The number of aliphatic hydroxyl groups is 2. The quantitative estimate of drug-likeness (QED) is 0.171. The van der Waals surface area contributed by atoms with Crippen LogP contribution in [0.2, 0.25) is 0 Å². The number of nitrogens with one attached hydrogen (secondary N) is 1. The number of rotatable bonds is 10. The van der Waals surface area contributed by atoms with Gasteiger partial charge in [-0.25, -0.2) is 14.4 Å². The van der Waals surface area contributed by atoms with Gasteiger partial charge in [0.1, 0.15) is 35.6 Å². The maximum Gasteiger partial charge on any atom is 0.408 e. The lowest BCUT2D eigenvalue weighted by molar-refractivity contribution is -0.347. The van der Waals surface area contributed by atoms with Crippen molar-refractivity contribution in [2.45, 2.75) is 128 Å². The summed E-state index contributed by atoms with van der Waals surface area (Å²) in [6, 6.07) is 14.5. The van der Waals surface area contributed by atoms with Gasteiger partial charge >= 0.3 is 24.0 Å². The molecule has 3 N–H and O–H groups in total. The molecule has 1 saturated heterocycles. The van der Waals surface area contributed by atoms with Crippen LogP contribution in [0.5, 0.6) is 0 Å². The highest BCUT2D eigenvalue weighted by molar-refractivity contribution is 5.94. The molecule has 0 spiro atoms. The highest BCUT2D eigenvalue weighted by atomic mass is 16.6. The number of hydrogen-bond donors (Lipinski definition) is 3. The third kappa shape index (κ3) is 7.52. The molecule has 1 heterocycles. The zero-order valence-electron chi connectivity index (χ0n) is 38.3. The number of benzene rings is 2. The number of aliphatic hydroxyl groups excluding tert-OH is 1. The molecule has 4 aliphatic rings. The zero-order chi connectivity index (χ0) is 46.7. The van der Waals surface area contributed by atoms with Gasteiger partial charge in [0.2, 0.25) is 0 Å². The average Bonchev–Trinajstić information content (AvgIpc) is 3.18. The molecule has 0 radical (unpaired) electrons. The topological polar surface area (TPSA) is 202 Å². The van der Waals surface area contributed by atoms with E-state index >= 15 is 4.79 Å². The number of ether oxygens (including phenoxy) is 7. The predicted octanol–water partition coefficient (Wildman–Crippen LogP) is 4.57. The molecule has 60 heavy (non-hydrogen) atoms. The molecule has 1 aliphatic heterocycles. The van der Waals surface area contributed by atoms with E-state index in [0.29, 0.717) is 5.56 Å². The van der Waals surface area contributed by atoms with E-state index in [2.05, 4.69) is 5.32 Å². The summed E-state index contributed by atoms with van der Waals surface area (Å²) in [7, 11) is -1.89. The van der Waals surface area contributed by atoms with Gasteiger partial charge < -0.3 is 48.7 Å². The molecule has 2 aromatic carbocycles. The van der Waals surface area contributed by atoms with Crippen molar-refractivity contribution in [1.82, 2.24) is 5.32 Å². The van der Waals surface area contributed by atoms with Crippen molar-refractivity contribution in [3.8, 4) is 0 Å². The molecule has 15 heteroatoms. The van der Waals surface area contributed by atoms with Gasteiger partial charge in [-0.2, -0.15) is 0 Å². The summed E-state index contributed by atoms with van der Waals surface area (Å²) >= 11 is 0. The minimum absolute atomic E-state index is 0.0275. The summed E-state index contributed by atoms with van der Waals surface area (Å²) < 4.78 is 66.6. The van der Waals surface area contributed by atoms with E-state index in [1.54, 1.807) is 69.3 Å². The van der Waals surface area contributed by atoms with Gasteiger partial charge in [-0.05, 0) is 63.5 Å². The van der Waals surface area contributed by atoms with E-state index in [4.69, 9.17) is 37.3 Å². The summed E-state index contributed by atoms with van der Waals surface area (Å²) in [5.74, 6) is -5.37. The van der Waals surface area contributed by atoms with Crippen LogP contribution < -0.4 is 5.32 Å². The van der Waals surface area contributed by atoms with E-state index < -0.39 is 119 Å². The normalized spacial score (nSPS) is 33.9. The molecule has 6 rings (SSSR count). The Morgan fingerprint density at radius 2 is 1.62 bits per heavy atom. The number of alkyl carbamates (subject to hydrolysis) is 1. The number of Topliss-reactive ketones (excluding diaryl/α,β-unsaturated/α-hetero) is 1. The number of ketones is 1. The van der Waals surface area contributed by atoms with Gasteiger partial charge in [-0.15, -0.1) is 0 Å². The van der Waals surface area contributed by atoms with E-state index in [-0.39, 0.29) is 29.7 Å². The molecular formula is C45H57NO14. The number of amides is 1. The molecular weight excluding hydrogens is 778 g/mol. The van der Waals surface area contributed by atoms with Crippen LogP contribution in [0.15, 0.2) is 71.8 Å². The molecule has 326 valence electrons. The third-order valence-corrected chi connectivity index (χ3v) is 12.9. The second-order valence-corrected chi connectivity index (χ2v) is 17.9. The maximum absolute atomic E-state index is 15.7. The second kappa shape index (κ2) is 16.3. The molecule has 11 atom stereocenters. The maximum atomic E-state index is 15.7. The van der Waals surface area contributed by atoms with Gasteiger partial charge in [0, 0.05) is 39.3 Å². The lowest BCUT2D eigenvalue weighted by Crippen LogP contribution is -2.82. The van der Waals surface area contributed by atoms with Crippen LogP contribution in [0.1, 0.15) is 94.3 Å². The van der Waals surface area contributed by atoms with Gasteiger partial charge in [0.15, 0.2) is 17.5 Å². The third-order valence-electron chi connectivity index (χ3n) is 12.9. The molecule has 2 saturated carbocycles. The van der Waals surface area contributed by atoms with Gasteiger partial charge in [0.25, 0.3) is 0 Å². The van der Waals surface area contributed by atoms with E-state index in [0.717, 1.165) is 6.92 Å². The van der Waals surface area contributed by atoms with E-state index in [9.17, 15) is 29.4 Å². The molecule has 3 aliphatic carbocycles. The van der Waals surface area contributed by atoms with Crippen LogP contribution in [-0.4, -0.2) is 114 Å². The Morgan fingerprint density at radius 3 is 2.17 bits per heavy atom. The first-order valence-electron chi connectivity index (χ1n) is 21.4. The van der Waals surface area contributed by atoms with Crippen LogP contribution in [0.25, 0.3) is 0 Å². The Bertz CT molecular complexity index is 2120. The van der Waals surface area contributed by atoms with Crippen molar-refractivity contribution in [2.24, 2.45) is 16.7 Å². The fraction of sp³-hybridized carbons (Fsp3) is 0.578. The van der Waals surface area contributed by atoms with Crippen molar-refractivity contribution < 1.29 is 71.5 Å². The van der Waals surface area contributed by atoms with Crippen molar-refractivity contribution in [2.75, 3.05) is 20.8 Å². The fourth-order valence-electron chi connectivity index (χ4n) is 9.96. The Labute approximate surface area is 354 Å². The molecule has 2 bridgehead atoms. The van der Waals surface area contributed by atoms with E-state index in [1.807, 2.05) is 0 Å². The summed E-state index contributed by atoms with van der Waals surface area (Å²) in [4.78, 5) is 70.5. The minimum atomic E-state index is -3.23. The monoisotopic (exact) mass is 838 g/mol. The molecule has 1 amide bonds. The highest BCUT2D eigenvalue weighted by Gasteiger charge is 2.78. The Kier molecular flexibility index (Phi) is 11.1. The molecule has 2 aromatic rings. The summed E-state index contributed by atoms with van der Waals surface area (Å²) in [5, 5.41) is 28.0. The SMILES string of the molecule is [2H]C([2H])([2H])O[C@H]1C(=O)[C@]2(C)[C@@H](OC)C[C@H]3OC[C@@]3(OC(C)=O)[C@H]2[C@H](OC(=O)c2ccccc2)[C@]2(O)C[C@H](OC(=O)[C@H](O)[C@@H](NC(=O)OC(C)(C)C)c3ccccc3)C(C)=C1C2(C)C.